The number of rotatable bonds is 5. The predicted octanol–water partition coefficient (Wildman–Crippen LogP) is 1.28. The van der Waals surface area contributed by atoms with E-state index in [0.717, 1.165) is 6.54 Å². The third-order valence-corrected chi connectivity index (χ3v) is 3.04. The summed E-state index contributed by atoms with van der Waals surface area (Å²) in [6.45, 7) is 4.08. The maximum absolute atomic E-state index is 11.8. The molecule has 1 aromatic rings. The van der Waals surface area contributed by atoms with Gasteiger partial charge in [-0.3, -0.25) is 4.79 Å². The standard InChI is InChI=1S/C14H19NO3/c1-2-17-7-8-18-14(16)13-9-11-5-3-4-6-12(11)10-15-13/h3-6,13,15H,2,7-10H2,1H3/t13-/m1/s1. The van der Waals surface area contributed by atoms with Gasteiger partial charge < -0.3 is 14.8 Å². The maximum atomic E-state index is 11.8. The number of carbonyl (C=O) groups excluding carboxylic acids is 1. The fourth-order valence-corrected chi connectivity index (χ4v) is 2.07. The van der Waals surface area contributed by atoms with Crippen molar-refractivity contribution in [3.63, 3.8) is 0 Å². The van der Waals surface area contributed by atoms with Gasteiger partial charge in [0.1, 0.15) is 12.6 Å². The molecule has 0 fully saturated rings. The summed E-state index contributed by atoms with van der Waals surface area (Å²) >= 11 is 0. The monoisotopic (exact) mass is 249 g/mol. The van der Waals surface area contributed by atoms with Gasteiger partial charge in [0.05, 0.1) is 6.61 Å². The zero-order chi connectivity index (χ0) is 12.8. The molecule has 4 nitrogen and oxygen atoms in total. The zero-order valence-electron chi connectivity index (χ0n) is 10.6. The van der Waals surface area contributed by atoms with E-state index in [4.69, 9.17) is 9.47 Å². The molecule has 98 valence electrons. The molecule has 1 heterocycles. The van der Waals surface area contributed by atoms with Crippen LogP contribution in [0.4, 0.5) is 0 Å². The molecule has 0 saturated carbocycles. The van der Waals surface area contributed by atoms with Crippen LogP contribution in [0.2, 0.25) is 0 Å². The lowest BCUT2D eigenvalue weighted by Gasteiger charge is -2.24. The highest BCUT2D eigenvalue weighted by atomic mass is 16.6. The summed E-state index contributed by atoms with van der Waals surface area (Å²) in [5, 5.41) is 3.20. The van der Waals surface area contributed by atoms with Crippen LogP contribution >= 0.6 is 0 Å². The number of esters is 1. The highest BCUT2D eigenvalue weighted by Crippen LogP contribution is 2.16. The van der Waals surface area contributed by atoms with Crippen LogP contribution in [-0.4, -0.2) is 31.8 Å². The Bertz CT molecular complexity index is 406. The highest BCUT2D eigenvalue weighted by Gasteiger charge is 2.24. The summed E-state index contributed by atoms with van der Waals surface area (Å²) in [4.78, 5) is 11.8. The van der Waals surface area contributed by atoms with Gasteiger partial charge in [-0.15, -0.1) is 0 Å². The number of benzene rings is 1. The first kappa shape index (κ1) is 13.1. The number of hydrogen-bond donors (Lipinski definition) is 1. The van der Waals surface area contributed by atoms with Crippen molar-refractivity contribution in [3.05, 3.63) is 35.4 Å². The predicted molar refractivity (Wildman–Crippen MR) is 68.2 cm³/mol. The molecule has 18 heavy (non-hydrogen) atoms. The molecule has 0 aromatic heterocycles. The molecule has 1 N–H and O–H groups in total. The smallest absolute Gasteiger partial charge is 0.323 e. The molecule has 1 aliphatic rings. The number of nitrogens with one attached hydrogen (secondary N) is 1. The number of carbonyl (C=O) groups is 1. The van der Waals surface area contributed by atoms with Crippen molar-refractivity contribution in [1.29, 1.82) is 0 Å². The lowest BCUT2D eigenvalue weighted by molar-refractivity contribution is -0.147. The van der Waals surface area contributed by atoms with Crippen molar-refractivity contribution in [3.8, 4) is 0 Å². The summed E-state index contributed by atoms with van der Waals surface area (Å²) < 4.78 is 10.3. The molecular weight excluding hydrogens is 230 g/mol. The summed E-state index contributed by atoms with van der Waals surface area (Å²) in [6, 6.07) is 7.93. The van der Waals surface area contributed by atoms with Gasteiger partial charge in [-0.1, -0.05) is 24.3 Å². The topological polar surface area (TPSA) is 47.6 Å². The van der Waals surface area contributed by atoms with Crippen molar-refractivity contribution >= 4 is 5.97 Å². The highest BCUT2D eigenvalue weighted by molar-refractivity contribution is 5.76. The minimum Gasteiger partial charge on any atom is -0.462 e. The van der Waals surface area contributed by atoms with Crippen molar-refractivity contribution in [2.45, 2.75) is 25.9 Å². The summed E-state index contributed by atoms with van der Waals surface area (Å²) in [5.74, 6) is -0.191. The molecule has 0 amide bonds. The second-order valence-electron chi connectivity index (χ2n) is 4.27. The van der Waals surface area contributed by atoms with Crippen LogP contribution in [0.5, 0.6) is 0 Å². The SMILES string of the molecule is CCOCCOC(=O)[C@H]1Cc2ccccc2CN1. The lowest BCUT2D eigenvalue weighted by atomic mass is 9.96. The summed E-state index contributed by atoms with van der Waals surface area (Å²) in [7, 11) is 0. The van der Waals surface area contributed by atoms with Crippen LogP contribution in [0, 0.1) is 0 Å². The first-order chi connectivity index (χ1) is 8.81. The molecule has 1 atom stereocenters. The average molecular weight is 249 g/mol. The van der Waals surface area contributed by atoms with E-state index >= 15 is 0 Å². The Morgan fingerprint density at radius 3 is 2.89 bits per heavy atom. The third-order valence-electron chi connectivity index (χ3n) is 3.04. The Balaban J connectivity index is 1.83. The lowest BCUT2D eigenvalue weighted by Crippen LogP contribution is -2.43. The normalized spacial score (nSPS) is 18.2. The fourth-order valence-electron chi connectivity index (χ4n) is 2.07. The van der Waals surface area contributed by atoms with Crippen molar-refractivity contribution in [2.24, 2.45) is 0 Å². The van der Waals surface area contributed by atoms with Gasteiger partial charge in [0.2, 0.25) is 0 Å². The van der Waals surface area contributed by atoms with Gasteiger partial charge in [-0.25, -0.2) is 0 Å². The van der Waals surface area contributed by atoms with E-state index in [9.17, 15) is 4.79 Å². The maximum Gasteiger partial charge on any atom is 0.323 e. The van der Waals surface area contributed by atoms with Crippen molar-refractivity contribution in [2.75, 3.05) is 19.8 Å². The van der Waals surface area contributed by atoms with Gasteiger partial charge >= 0.3 is 5.97 Å². The number of ether oxygens (including phenoxy) is 2. The molecule has 0 bridgehead atoms. The first-order valence-electron chi connectivity index (χ1n) is 6.35. The number of fused-ring (bicyclic) bond motifs is 1. The second-order valence-corrected chi connectivity index (χ2v) is 4.27. The van der Waals surface area contributed by atoms with E-state index in [1.165, 1.54) is 11.1 Å². The fraction of sp³-hybridized carbons (Fsp3) is 0.500. The van der Waals surface area contributed by atoms with Gasteiger partial charge in [0, 0.05) is 13.2 Å². The summed E-state index contributed by atoms with van der Waals surface area (Å²) in [6.07, 6.45) is 0.698. The molecule has 0 unspecified atom stereocenters. The van der Waals surface area contributed by atoms with E-state index in [-0.39, 0.29) is 12.0 Å². The van der Waals surface area contributed by atoms with Gasteiger partial charge in [0.15, 0.2) is 0 Å². The molecule has 0 radical (unpaired) electrons. The minimum atomic E-state index is -0.235. The van der Waals surface area contributed by atoms with Crippen LogP contribution in [0.1, 0.15) is 18.1 Å². The van der Waals surface area contributed by atoms with Crippen molar-refractivity contribution < 1.29 is 14.3 Å². The second kappa shape index (κ2) is 6.52. The quantitative estimate of drug-likeness (QED) is 0.631. The Kier molecular flexibility index (Phi) is 4.73. The average Bonchev–Trinajstić information content (AvgIpc) is 2.43. The number of hydrogen-bond acceptors (Lipinski definition) is 4. The first-order valence-corrected chi connectivity index (χ1v) is 6.35. The molecule has 0 saturated heterocycles. The van der Waals surface area contributed by atoms with Crippen LogP contribution in [0.25, 0.3) is 0 Å². The van der Waals surface area contributed by atoms with E-state index < -0.39 is 0 Å². The molecule has 2 rings (SSSR count). The Hall–Kier alpha value is -1.39. The Morgan fingerprint density at radius 2 is 2.11 bits per heavy atom. The minimum absolute atomic E-state index is 0.191. The van der Waals surface area contributed by atoms with Crippen LogP contribution in [-0.2, 0) is 27.2 Å². The summed E-state index contributed by atoms with van der Waals surface area (Å²) in [5.41, 5.74) is 2.49. The third kappa shape index (κ3) is 3.31. The van der Waals surface area contributed by atoms with Gasteiger partial charge in [0.25, 0.3) is 0 Å². The Labute approximate surface area is 107 Å². The van der Waals surface area contributed by atoms with Crippen LogP contribution in [0.3, 0.4) is 0 Å². The molecule has 0 aliphatic carbocycles. The van der Waals surface area contributed by atoms with E-state index in [1.807, 2.05) is 19.1 Å². The van der Waals surface area contributed by atoms with E-state index in [0.29, 0.717) is 26.2 Å². The van der Waals surface area contributed by atoms with E-state index in [1.54, 1.807) is 0 Å². The Morgan fingerprint density at radius 1 is 1.33 bits per heavy atom. The molecular formula is C14H19NO3. The van der Waals surface area contributed by atoms with E-state index in [2.05, 4.69) is 17.4 Å². The van der Waals surface area contributed by atoms with Crippen molar-refractivity contribution in [1.82, 2.24) is 5.32 Å². The van der Waals surface area contributed by atoms with Gasteiger partial charge in [-0.2, -0.15) is 0 Å². The molecule has 1 aliphatic heterocycles. The van der Waals surface area contributed by atoms with Crippen LogP contribution in [0.15, 0.2) is 24.3 Å². The van der Waals surface area contributed by atoms with Gasteiger partial charge in [-0.05, 0) is 24.5 Å². The molecule has 4 heteroatoms. The molecule has 1 aromatic carbocycles. The molecule has 0 spiro atoms. The largest absolute Gasteiger partial charge is 0.462 e. The van der Waals surface area contributed by atoms with Crippen LogP contribution < -0.4 is 5.32 Å². The zero-order valence-corrected chi connectivity index (χ0v) is 10.6.